The maximum absolute atomic E-state index is 5.70. The highest BCUT2D eigenvalue weighted by atomic mass is 16.5. The molecule has 88 valence electrons. The Morgan fingerprint density at radius 3 is 2.87 bits per heavy atom. The summed E-state index contributed by atoms with van der Waals surface area (Å²) in [5.41, 5.74) is 0. The third kappa shape index (κ3) is 3.44. The summed E-state index contributed by atoms with van der Waals surface area (Å²) in [7, 11) is 2.25. The molecule has 1 heterocycles. The first-order chi connectivity index (χ1) is 7.27. The number of rotatable bonds is 5. The minimum absolute atomic E-state index is 0.438. The maximum atomic E-state index is 5.70. The van der Waals surface area contributed by atoms with Gasteiger partial charge in [-0.15, -0.1) is 0 Å². The molecule has 0 spiro atoms. The fraction of sp³-hybridized carbons (Fsp3) is 1.00. The summed E-state index contributed by atoms with van der Waals surface area (Å²) < 4.78 is 5.70. The highest BCUT2D eigenvalue weighted by molar-refractivity contribution is 4.84. The zero-order valence-corrected chi connectivity index (χ0v) is 10.0. The van der Waals surface area contributed by atoms with E-state index in [1.165, 1.54) is 25.8 Å². The van der Waals surface area contributed by atoms with Crippen LogP contribution in [0.3, 0.4) is 0 Å². The van der Waals surface area contributed by atoms with Crippen LogP contribution in [0, 0.1) is 5.92 Å². The summed E-state index contributed by atoms with van der Waals surface area (Å²) >= 11 is 0. The molecule has 2 aliphatic rings. The number of nitrogens with zero attached hydrogens (tertiary/aromatic N) is 1. The van der Waals surface area contributed by atoms with Crippen molar-refractivity contribution in [3.63, 3.8) is 0 Å². The molecule has 3 heteroatoms. The molecular weight excluding hydrogens is 188 g/mol. The van der Waals surface area contributed by atoms with Crippen LogP contribution in [0.2, 0.25) is 0 Å². The molecule has 0 aromatic heterocycles. The maximum Gasteiger partial charge on any atom is 0.0712 e. The molecule has 1 saturated heterocycles. The SMILES string of the molecule is CC(C1CC1)N(C)CCC1CNCCO1. The van der Waals surface area contributed by atoms with Crippen molar-refractivity contribution in [2.75, 3.05) is 33.3 Å². The van der Waals surface area contributed by atoms with E-state index in [4.69, 9.17) is 4.74 Å². The Labute approximate surface area is 93.2 Å². The molecule has 2 fully saturated rings. The van der Waals surface area contributed by atoms with Gasteiger partial charge in [-0.2, -0.15) is 0 Å². The van der Waals surface area contributed by atoms with Crippen molar-refractivity contribution in [2.24, 2.45) is 5.92 Å². The molecule has 2 rings (SSSR count). The lowest BCUT2D eigenvalue weighted by molar-refractivity contribution is 0.0164. The lowest BCUT2D eigenvalue weighted by Crippen LogP contribution is -2.41. The molecule has 0 radical (unpaired) electrons. The molecule has 15 heavy (non-hydrogen) atoms. The van der Waals surface area contributed by atoms with Crippen LogP contribution in [0.4, 0.5) is 0 Å². The molecule has 3 nitrogen and oxygen atoms in total. The first-order valence-corrected chi connectivity index (χ1v) is 6.30. The van der Waals surface area contributed by atoms with Gasteiger partial charge < -0.3 is 15.0 Å². The minimum atomic E-state index is 0.438. The van der Waals surface area contributed by atoms with Crippen molar-refractivity contribution in [3.05, 3.63) is 0 Å². The summed E-state index contributed by atoms with van der Waals surface area (Å²) in [6.45, 7) is 6.46. The molecule has 1 aliphatic carbocycles. The van der Waals surface area contributed by atoms with E-state index in [9.17, 15) is 0 Å². The van der Waals surface area contributed by atoms with Gasteiger partial charge in [-0.25, -0.2) is 0 Å². The van der Waals surface area contributed by atoms with Crippen LogP contribution in [0.15, 0.2) is 0 Å². The second kappa shape index (κ2) is 5.28. The van der Waals surface area contributed by atoms with Gasteiger partial charge in [0.25, 0.3) is 0 Å². The van der Waals surface area contributed by atoms with Gasteiger partial charge in [0.2, 0.25) is 0 Å². The largest absolute Gasteiger partial charge is 0.376 e. The number of morpholine rings is 1. The van der Waals surface area contributed by atoms with Crippen molar-refractivity contribution in [2.45, 2.75) is 38.3 Å². The molecule has 0 bridgehead atoms. The summed E-state index contributed by atoms with van der Waals surface area (Å²) in [5.74, 6) is 0.973. The Morgan fingerprint density at radius 1 is 1.47 bits per heavy atom. The van der Waals surface area contributed by atoms with E-state index in [1.54, 1.807) is 0 Å². The van der Waals surface area contributed by atoms with E-state index >= 15 is 0 Å². The molecule has 2 unspecified atom stereocenters. The van der Waals surface area contributed by atoms with Crippen LogP contribution in [-0.4, -0.2) is 50.3 Å². The fourth-order valence-electron chi connectivity index (χ4n) is 2.29. The van der Waals surface area contributed by atoms with E-state index < -0.39 is 0 Å². The van der Waals surface area contributed by atoms with Gasteiger partial charge in [0.1, 0.15) is 0 Å². The molecule has 0 aromatic carbocycles. The van der Waals surface area contributed by atoms with E-state index in [1.807, 2.05) is 0 Å². The van der Waals surface area contributed by atoms with Crippen molar-refractivity contribution >= 4 is 0 Å². The van der Waals surface area contributed by atoms with Crippen LogP contribution >= 0.6 is 0 Å². The Bertz CT molecular complexity index is 188. The second-order valence-electron chi connectivity index (χ2n) is 5.04. The minimum Gasteiger partial charge on any atom is -0.376 e. The van der Waals surface area contributed by atoms with Gasteiger partial charge in [0.15, 0.2) is 0 Å². The third-order valence-electron chi connectivity index (χ3n) is 3.81. The normalized spacial score (nSPS) is 29.4. The van der Waals surface area contributed by atoms with Crippen LogP contribution in [0.5, 0.6) is 0 Å². The molecule has 1 saturated carbocycles. The summed E-state index contributed by atoms with van der Waals surface area (Å²) in [6.07, 6.45) is 4.48. The Balaban J connectivity index is 1.62. The van der Waals surface area contributed by atoms with Gasteiger partial charge in [0.05, 0.1) is 12.7 Å². The van der Waals surface area contributed by atoms with E-state index in [2.05, 4.69) is 24.2 Å². The smallest absolute Gasteiger partial charge is 0.0712 e. The zero-order valence-electron chi connectivity index (χ0n) is 10.0. The molecular formula is C12H24N2O. The average Bonchev–Trinajstić information content (AvgIpc) is 3.10. The van der Waals surface area contributed by atoms with Crippen LogP contribution in [-0.2, 0) is 4.74 Å². The standard InChI is InChI=1S/C12H24N2O/c1-10(11-3-4-11)14(2)7-5-12-9-13-6-8-15-12/h10-13H,3-9H2,1-2H3. The van der Waals surface area contributed by atoms with Crippen LogP contribution in [0.25, 0.3) is 0 Å². The predicted molar refractivity (Wildman–Crippen MR) is 62.0 cm³/mol. The van der Waals surface area contributed by atoms with E-state index in [0.717, 1.165) is 31.7 Å². The Hall–Kier alpha value is -0.120. The Morgan fingerprint density at radius 2 is 2.27 bits per heavy atom. The van der Waals surface area contributed by atoms with E-state index in [0.29, 0.717) is 6.10 Å². The van der Waals surface area contributed by atoms with Crippen molar-refractivity contribution in [3.8, 4) is 0 Å². The topological polar surface area (TPSA) is 24.5 Å². The molecule has 1 N–H and O–H groups in total. The molecule has 1 aliphatic heterocycles. The number of hydrogen-bond donors (Lipinski definition) is 1. The van der Waals surface area contributed by atoms with Crippen LogP contribution in [0.1, 0.15) is 26.2 Å². The highest BCUT2D eigenvalue weighted by Crippen LogP contribution is 2.34. The fourth-order valence-corrected chi connectivity index (χ4v) is 2.29. The summed E-state index contributed by atoms with van der Waals surface area (Å²) in [5, 5.41) is 3.38. The zero-order chi connectivity index (χ0) is 10.7. The highest BCUT2D eigenvalue weighted by Gasteiger charge is 2.30. The Kier molecular flexibility index (Phi) is 4.00. The summed E-state index contributed by atoms with van der Waals surface area (Å²) in [4.78, 5) is 2.50. The van der Waals surface area contributed by atoms with Gasteiger partial charge in [0, 0.05) is 25.7 Å². The number of ether oxygens (including phenoxy) is 1. The molecule has 2 atom stereocenters. The molecule has 0 amide bonds. The van der Waals surface area contributed by atoms with Gasteiger partial charge >= 0.3 is 0 Å². The lowest BCUT2D eigenvalue weighted by Gasteiger charge is -2.28. The second-order valence-corrected chi connectivity index (χ2v) is 5.04. The lowest BCUT2D eigenvalue weighted by atomic mass is 10.1. The average molecular weight is 212 g/mol. The third-order valence-corrected chi connectivity index (χ3v) is 3.81. The quantitative estimate of drug-likeness (QED) is 0.738. The monoisotopic (exact) mass is 212 g/mol. The van der Waals surface area contributed by atoms with Gasteiger partial charge in [-0.1, -0.05) is 0 Å². The van der Waals surface area contributed by atoms with Crippen molar-refractivity contribution < 1.29 is 4.74 Å². The predicted octanol–water partition coefficient (Wildman–Crippen LogP) is 1.10. The number of hydrogen-bond acceptors (Lipinski definition) is 3. The van der Waals surface area contributed by atoms with Crippen LogP contribution < -0.4 is 5.32 Å². The summed E-state index contributed by atoms with van der Waals surface area (Å²) in [6, 6.07) is 0.765. The van der Waals surface area contributed by atoms with Gasteiger partial charge in [-0.05, 0) is 39.2 Å². The van der Waals surface area contributed by atoms with Crippen molar-refractivity contribution in [1.29, 1.82) is 0 Å². The first kappa shape index (κ1) is 11.4. The first-order valence-electron chi connectivity index (χ1n) is 6.30. The van der Waals surface area contributed by atoms with Gasteiger partial charge in [-0.3, -0.25) is 0 Å². The van der Waals surface area contributed by atoms with E-state index in [-0.39, 0.29) is 0 Å². The van der Waals surface area contributed by atoms with Crippen molar-refractivity contribution in [1.82, 2.24) is 10.2 Å². The molecule has 0 aromatic rings. The number of nitrogens with one attached hydrogen (secondary N) is 1.